The van der Waals surface area contributed by atoms with Crippen molar-refractivity contribution < 1.29 is 13.2 Å². The Balaban J connectivity index is 1.71. The molecule has 0 saturated carbocycles. The second-order valence-electron chi connectivity index (χ2n) is 7.60. The largest absolute Gasteiger partial charge is 0.337 e. The SMILES string of the molecule is CCCCN1CCCN(C(=O)c2cccc(NS(=O)(=O)c3ccc(Br)c(Br)c3)c2)CC1. The number of rotatable bonds is 7. The summed E-state index contributed by atoms with van der Waals surface area (Å²) in [5.41, 5.74) is 0.850. The van der Waals surface area contributed by atoms with Gasteiger partial charge in [-0.3, -0.25) is 9.52 Å². The van der Waals surface area contributed by atoms with E-state index in [4.69, 9.17) is 0 Å². The number of benzene rings is 2. The van der Waals surface area contributed by atoms with Crippen LogP contribution in [0.4, 0.5) is 5.69 Å². The molecule has 1 heterocycles. The van der Waals surface area contributed by atoms with E-state index in [2.05, 4.69) is 48.4 Å². The van der Waals surface area contributed by atoms with Crippen molar-refractivity contribution in [1.82, 2.24) is 9.80 Å². The highest BCUT2D eigenvalue weighted by molar-refractivity contribution is 9.13. The maximum absolute atomic E-state index is 13.1. The molecular weight excluding hydrogens is 546 g/mol. The molecule has 0 spiro atoms. The fraction of sp³-hybridized carbons (Fsp3) is 0.409. The number of hydrogen-bond donors (Lipinski definition) is 1. The highest BCUT2D eigenvalue weighted by Gasteiger charge is 2.21. The van der Waals surface area contributed by atoms with Crippen LogP contribution in [0.5, 0.6) is 0 Å². The minimum absolute atomic E-state index is 0.0650. The number of carbonyl (C=O) groups excluding carboxylic acids is 1. The van der Waals surface area contributed by atoms with E-state index in [1.165, 1.54) is 25.0 Å². The van der Waals surface area contributed by atoms with Gasteiger partial charge in [0, 0.05) is 39.8 Å². The minimum atomic E-state index is -3.77. The van der Waals surface area contributed by atoms with Gasteiger partial charge in [-0.2, -0.15) is 0 Å². The fourth-order valence-electron chi connectivity index (χ4n) is 3.54. The lowest BCUT2D eigenvalue weighted by Gasteiger charge is -2.22. The third kappa shape index (κ3) is 6.54. The van der Waals surface area contributed by atoms with Crippen LogP contribution in [-0.4, -0.2) is 56.8 Å². The summed E-state index contributed by atoms with van der Waals surface area (Å²) in [7, 11) is -3.77. The zero-order chi connectivity index (χ0) is 22.4. The summed E-state index contributed by atoms with van der Waals surface area (Å²) in [6.07, 6.45) is 3.28. The standard InChI is InChI=1S/C22H27Br2N3O3S/c1-2-3-10-26-11-5-12-27(14-13-26)22(28)17-6-4-7-18(15-17)25-31(29,30)19-8-9-20(23)21(24)16-19/h4,6-9,15-16,25H,2-3,5,10-14H2,1H3. The Morgan fingerprint density at radius 1 is 1.03 bits per heavy atom. The van der Waals surface area contributed by atoms with Gasteiger partial charge in [0.2, 0.25) is 0 Å². The van der Waals surface area contributed by atoms with E-state index in [0.29, 0.717) is 28.8 Å². The second-order valence-corrected chi connectivity index (χ2v) is 11.0. The molecule has 1 fully saturated rings. The van der Waals surface area contributed by atoms with Crippen LogP contribution >= 0.6 is 31.9 Å². The molecule has 0 atom stereocenters. The Morgan fingerprint density at radius 3 is 2.58 bits per heavy atom. The molecule has 0 unspecified atom stereocenters. The quantitative estimate of drug-likeness (QED) is 0.509. The first-order valence-corrected chi connectivity index (χ1v) is 13.5. The average molecular weight is 573 g/mol. The normalized spacial score (nSPS) is 15.5. The molecule has 1 aliphatic rings. The molecule has 1 amide bonds. The number of nitrogens with zero attached hydrogens (tertiary/aromatic N) is 2. The zero-order valence-electron chi connectivity index (χ0n) is 17.5. The number of unbranched alkanes of at least 4 members (excludes halogenated alkanes) is 1. The highest BCUT2D eigenvalue weighted by atomic mass is 79.9. The number of hydrogen-bond acceptors (Lipinski definition) is 4. The molecule has 0 bridgehead atoms. The summed E-state index contributed by atoms with van der Waals surface area (Å²) in [5.74, 6) is -0.0650. The lowest BCUT2D eigenvalue weighted by molar-refractivity contribution is 0.0761. The van der Waals surface area contributed by atoms with E-state index < -0.39 is 10.0 Å². The van der Waals surface area contributed by atoms with Crippen LogP contribution in [0.1, 0.15) is 36.5 Å². The molecule has 168 valence electrons. The van der Waals surface area contributed by atoms with Crippen LogP contribution in [-0.2, 0) is 10.0 Å². The van der Waals surface area contributed by atoms with Gasteiger partial charge in [-0.1, -0.05) is 19.4 Å². The second kappa shape index (κ2) is 10.9. The smallest absolute Gasteiger partial charge is 0.261 e. The first kappa shape index (κ1) is 24.2. The van der Waals surface area contributed by atoms with E-state index in [9.17, 15) is 13.2 Å². The van der Waals surface area contributed by atoms with Crippen molar-refractivity contribution in [3.63, 3.8) is 0 Å². The molecule has 0 radical (unpaired) electrons. The topological polar surface area (TPSA) is 69.7 Å². The maximum atomic E-state index is 13.1. The van der Waals surface area contributed by atoms with Gasteiger partial charge in [0.05, 0.1) is 4.90 Å². The van der Waals surface area contributed by atoms with Gasteiger partial charge in [-0.25, -0.2) is 8.42 Å². The van der Waals surface area contributed by atoms with Gasteiger partial charge in [0.25, 0.3) is 15.9 Å². The summed E-state index contributed by atoms with van der Waals surface area (Å²) in [6.45, 7) is 6.53. The number of sulfonamides is 1. The summed E-state index contributed by atoms with van der Waals surface area (Å²) < 4.78 is 29.5. The summed E-state index contributed by atoms with van der Waals surface area (Å²) in [5, 5.41) is 0. The summed E-state index contributed by atoms with van der Waals surface area (Å²) >= 11 is 6.67. The van der Waals surface area contributed by atoms with Crippen LogP contribution in [0, 0.1) is 0 Å². The van der Waals surface area contributed by atoms with E-state index in [1.54, 1.807) is 30.3 Å². The Morgan fingerprint density at radius 2 is 1.84 bits per heavy atom. The molecule has 3 rings (SSSR count). The molecule has 2 aromatic rings. The van der Waals surface area contributed by atoms with Gasteiger partial charge in [0.1, 0.15) is 0 Å². The van der Waals surface area contributed by atoms with Crippen molar-refractivity contribution in [2.45, 2.75) is 31.1 Å². The van der Waals surface area contributed by atoms with Gasteiger partial charge < -0.3 is 9.80 Å². The van der Waals surface area contributed by atoms with E-state index in [0.717, 1.165) is 30.5 Å². The molecule has 2 aromatic carbocycles. The fourth-order valence-corrected chi connectivity index (χ4v) is 5.39. The third-order valence-electron chi connectivity index (χ3n) is 5.27. The van der Waals surface area contributed by atoms with Crippen LogP contribution in [0.25, 0.3) is 0 Å². The highest BCUT2D eigenvalue weighted by Crippen LogP contribution is 2.27. The molecule has 1 saturated heterocycles. The molecule has 1 N–H and O–H groups in total. The van der Waals surface area contributed by atoms with Crippen molar-refractivity contribution in [2.75, 3.05) is 37.4 Å². The minimum Gasteiger partial charge on any atom is -0.337 e. The number of anilines is 1. The van der Waals surface area contributed by atoms with Crippen LogP contribution < -0.4 is 4.72 Å². The van der Waals surface area contributed by atoms with E-state index >= 15 is 0 Å². The number of nitrogens with one attached hydrogen (secondary N) is 1. The van der Waals surface area contributed by atoms with Crippen molar-refractivity contribution in [3.8, 4) is 0 Å². The van der Waals surface area contributed by atoms with Crippen LogP contribution in [0.3, 0.4) is 0 Å². The first-order valence-electron chi connectivity index (χ1n) is 10.4. The maximum Gasteiger partial charge on any atom is 0.261 e. The van der Waals surface area contributed by atoms with Crippen molar-refractivity contribution in [2.24, 2.45) is 0 Å². The summed E-state index contributed by atoms with van der Waals surface area (Å²) in [4.78, 5) is 17.5. The van der Waals surface area contributed by atoms with Crippen LogP contribution in [0.2, 0.25) is 0 Å². The van der Waals surface area contributed by atoms with E-state index in [1.807, 2.05) is 4.90 Å². The molecule has 31 heavy (non-hydrogen) atoms. The van der Waals surface area contributed by atoms with Gasteiger partial charge in [0.15, 0.2) is 0 Å². The third-order valence-corrected chi connectivity index (χ3v) is 8.53. The number of amides is 1. The summed E-state index contributed by atoms with van der Waals surface area (Å²) in [6, 6.07) is 11.4. The van der Waals surface area contributed by atoms with Crippen LogP contribution in [0.15, 0.2) is 56.3 Å². The Bertz CT molecular complexity index is 1030. The monoisotopic (exact) mass is 571 g/mol. The Labute approximate surface area is 201 Å². The number of carbonyl (C=O) groups is 1. The van der Waals surface area contributed by atoms with E-state index in [-0.39, 0.29) is 10.8 Å². The van der Waals surface area contributed by atoms with Gasteiger partial charge in [-0.15, -0.1) is 0 Å². The molecule has 0 aliphatic carbocycles. The number of halogens is 2. The average Bonchev–Trinajstić information content (AvgIpc) is 2.99. The van der Waals surface area contributed by atoms with Gasteiger partial charge >= 0.3 is 0 Å². The predicted octanol–water partition coefficient (Wildman–Crippen LogP) is 4.96. The van der Waals surface area contributed by atoms with Crippen molar-refractivity contribution in [1.29, 1.82) is 0 Å². The predicted molar refractivity (Wildman–Crippen MR) is 131 cm³/mol. The lowest BCUT2D eigenvalue weighted by atomic mass is 10.1. The van der Waals surface area contributed by atoms with Crippen molar-refractivity contribution >= 4 is 53.5 Å². The lowest BCUT2D eigenvalue weighted by Crippen LogP contribution is -2.35. The first-order chi connectivity index (χ1) is 14.8. The molecule has 6 nitrogen and oxygen atoms in total. The molecule has 9 heteroatoms. The Hall–Kier alpha value is -1.42. The van der Waals surface area contributed by atoms with Crippen molar-refractivity contribution in [3.05, 3.63) is 57.0 Å². The molecule has 1 aliphatic heterocycles. The van der Waals surface area contributed by atoms with Gasteiger partial charge in [-0.05, 0) is 94.2 Å². The molecular formula is C22H27Br2N3O3S. The zero-order valence-corrected chi connectivity index (χ0v) is 21.5. The Kier molecular flexibility index (Phi) is 8.55. The molecule has 0 aromatic heterocycles.